The third-order valence-corrected chi connectivity index (χ3v) is 5.90. The fourth-order valence-corrected chi connectivity index (χ4v) is 4.49. The molecule has 7 nitrogen and oxygen atoms in total. The van der Waals surface area contributed by atoms with E-state index < -0.39 is 5.97 Å². The standard InChI is InChI=1S/C18H19N3O4S2/c1-3-20(12(2)22)18-19-13(10-27-18)9-25-17(24)8-21-14-6-4-5-7-15(14)26-11-16(21)23/h4-7,10H,3,8-9,11H2,1-2H3. The summed E-state index contributed by atoms with van der Waals surface area (Å²) in [5.74, 6) is -0.404. The molecule has 1 aliphatic rings. The largest absolute Gasteiger partial charge is 0.458 e. The third-order valence-electron chi connectivity index (χ3n) is 3.94. The van der Waals surface area contributed by atoms with Crippen LogP contribution in [-0.2, 0) is 25.7 Å². The summed E-state index contributed by atoms with van der Waals surface area (Å²) in [5, 5.41) is 2.33. The Bertz CT molecular complexity index is 868. The van der Waals surface area contributed by atoms with Crippen molar-refractivity contribution in [2.75, 3.05) is 28.6 Å². The van der Waals surface area contributed by atoms with Crippen molar-refractivity contribution in [1.82, 2.24) is 4.98 Å². The Kier molecular flexibility index (Phi) is 6.12. The summed E-state index contributed by atoms with van der Waals surface area (Å²) in [6.07, 6.45) is 0. The lowest BCUT2D eigenvalue weighted by Crippen LogP contribution is -2.39. The van der Waals surface area contributed by atoms with E-state index in [0.717, 1.165) is 10.6 Å². The minimum atomic E-state index is -0.501. The summed E-state index contributed by atoms with van der Waals surface area (Å²) in [6.45, 7) is 3.74. The molecule has 9 heteroatoms. The average Bonchev–Trinajstić information content (AvgIpc) is 3.11. The van der Waals surface area contributed by atoms with Crippen molar-refractivity contribution in [3.8, 4) is 0 Å². The molecule has 0 spiro atoms. The minimum absolute atomic E-state index is 0.00319. The molecule has 0 bridgehead atoms. The Morgan fingerprint density at radius 1 is 1.33 bits per heavy atom. The third kappa shape index (κ3) is 4.48. The lowest BCUT2D eigenvalue weighted by atomic mass is 10.2. The Labute approximate surface area is 165 Å². The minimum Gasteiger partial charge on any atom is -0.458 e. The van der Waals surface area contributed by atoms with Crippen LogP contribution in [0.2, 0.25) is 0 Å². The number of carbonyl (C=O) groups excluding carboxylic acids is 3. The van der Waals surface area contributed by atoms with E-state index in [-0.39, 0.29) is 25.0 Å². The Morgan fingerprint density at radius 2 is 2.11 bits per heavy atom. The van der Waals surface area contributed by atoms with Crippen molar-refractivity contribution in [2.45, 2.75) is 25.3 Å². The number of carbonyl (C=O) groups is 3. The fraction of sp³-hybridized carbons (Fsp3) is 0.333. The van der Waals surface area contributed by atoms with Gasteiger partial charge in [0.05, 0.1) is 17.1 Å². The molecule has 0 saturated carbocycles. The van der Waals surface area contributed by atoms with Crippen LogP contribution in [0.15, 0.2) is 34.5 Å². The highest BCUT2D eigenvalue weighted by atomic mass is 32.2. The van der Waals surface area contributed by atoms with Gasteiger partial charge in [-0.2, -0.15) is 0 Å². The van der Waals surface area contributed by atoms with Crippen molar-refractivity contribution >= 4 is 51.7 Å². The molecule has 0 saturated heterocycles. The molecular weight excluding hydrogens is 386 g/mol. The van der Waals surface area contributed by atoms with Gasteiger partial charge in [-0.1, -0.05) is 12.1 Å². The van der Waals surface area contributed by atoms with Crippen molar-refractivity contribution in [3.63, 3.8) is 0 Å². The molecule has 0 atom stereocenters. The number of nitrogens with zero attached hydrogens (tertiary/aromatic N) is 3. The number of hydrogen-bond donors (Lipinski definition) is 0. The van der Waals surface area contributed by atoms with Crippen LogP contribution in [0.3, 0.4) is 0 Å². The summed E-state index contributed by atoms with van der Waals surface area (Å²) < 4.78 is 5.28. The van der Waals surface area contributed by atoms with Crippen molar-refractivity contribution in [1.29, 1.82) is 0 Å². The lowest BCUT2D eigenvalue weighted by molar-refractivity contribution is -0.144. The maximum absolute atomic E-state index is 12.2. The highest BCUT2D eigenvalue weighted by Gasteiger charge is 2.26. The van der Waals surface area contributed by atoms with Crippen LogP contribution in [-0.4, -0.2) is 41.6 Å². The molecule has 1 aromatic carbocycles. The van der Waals surface area contributed by atoms with E-state index in [1.807, 2.05) is 31.2 Å². The van der Waals surface area contributed by atoms with Gasteiger partial charge in [-0.3, -0.25) is 24.2 Å². The monoisotopic (exact) mass is 405 g/mol. The number of aromatic nitrogens is 1. The van der Waals surface area contributed by atoms with E-state index >= 15 is 0 Å². The molecule has 2 aromatic rings. The molecule has 0 N–H and O–H groups in total. The molecule has 2 amide bonds. The molecule has 3 rings (SSSR count). The van der Waals surface area contributed by atoms with E-state index in [4.69, 9.17) is 4.74 Å². The molecule has 142 valence electrons. The number of thioether (sulfide) groups is 1. The van der Waals surface area contributed by atoms with Gasteiger partial charge in [0.25, 0.3) is 0 Å². The van der Waals surface area contributed by atoms with E-state index in [1.165, 1.54) is 34.9 Å². The van der Waals surface area contributed by atoms with Gasteiger partial charge >= 0.3 is 5.97 Å². The zero-order valence-electron chi connectivity index (χ0n) is 15.0. The van der Waals surface area contributed by atoms with E-state index in [1.54, 1.807) is 10.3 Å². The van der Waals surface area contributed by atoms with E-state index in [2.05, 4.69) is 4.98 Å². The normalized spacial score (nSPS) is 13.3. The van der Waals surface area contributed by atoms with Crippen LogP contribution in [0.1, 0.15) is 19.5 Å². The van der Waals surface area contributed by atoms with Gasteiger partial charge in [0.1, 0.15) is 13.2 Å². The van der Waals surface area contributed by atoms with Crippen LogP contribution in [0.5, 0.6) is 0 Å². The van der Waals surface area contributed by atoms with Gasteiger partial charge in [-0.25, -0.2) is 4.98 Å². The smallest absolute Gasteiger partial charge is 0.326 e. The zero-order chi connectivity index (χ0) is 19.4. The first-order valence-corrected chi connectivity index (χ1v) is 10.3. The number of benzene rings is 1. The van der Waals surface area contributed by atoms with Gasteiger partial charge in [-0.15, -0.1) is 23.1 Å². The average molecular weight is 406 g/mol. The van der Waals surface area contributed by atoms with Crippen molar-refractivity contribution in [2.24, 2.45) is 0 Å². The summed E-state index contributed by atoms with van der Waals surface area (Å²) in [4.78, 5) is 44.3. The first-order valence-electron chi connectivity index (χ1n) is 8.40. The highest BCUT2D eigenvalue weighted by Crippen LogP contribution is 2.34. The highest BCUT2D eigenvalue weighted by molar-refractivity contribution is 8.00. The Hall–Kier alpha value is -2.39. The number of rotatable bonds is 6. The maximum atomic E-state index is 12.2. The van der Waals surface area contributed by atoms with Gasteiger partial charge in [0.15, 0.2) is 5.13 Å². The van der Waals surface area contributed by atoms with Crippen LogP contribution in [0.4, 0.5) is 10.8 Å². The first-order chi connectivity index (χ1) is 13.0. The van der Waals surface area contributed by atoms with Gasteiger partial charge < -0.3 is 4.74 Å². The molecule has 0 aliphatic carbocycles. The van der Waals surface area contributed by atoms with Crippen LogP contribution in [0, 0.1) is 0 Å². The first kappa shape index (κ1) is 19.4. The molecule has 0 unspecified atom stereocenters. The number of esters is 1. The summed E-state index contributed by atoms with van der Waals surface area (Å²) in [6, 6.07) is 7.48. The molecule has 27 heavy (non-hydrogen) atoms. The SMILES string of the molecule is CCN(C(C)=O)c1nc(COC(=O)CN2C(=O)CSc3ccccc32)cs1. The Balaban J connectivity index is 1.60. The van der Waals surface area contributed by atoms with Crippen LogP contribution < -0.4 is 9.80 Å². The molecule has 0 radical (unpaired) electrons. The second-order valence-corrected chi connectivity index (χ2v) is 7.64. The zero-order valence-corrected chi connectivity index (χ0v) is 16.6. The lowest BCUT2D eigenvalue weighted by Gasteiger charge is -2.27. The number of para-hydroxylation sites is 1. The second-order valence-electron chi connectivity index (χ2n) is 5.78. The fourth-order valence-electron chi connectivity index (χ4n) is 2.64. The quantitative estimate of drug-likeness (QED) is 0.688. The summed E-state index contributed by atoms with van der Waals surface area (Å²) >= 11 is 2.79. The maximum Gasteiger partial charge on any atom is 0.326 e. The number of hydrogen-bond acceptors (Lipinski definition) is 7. The predicted octanol–water partition coefficient (Wildman–Crippen LogP) is 2.70. The molecular formula is C18H19N3O4S2. The van der Waals surface area contributed by atoms with Gasteiger partial charge in [0, 0.05) is 23.7 Å². The van der Waals surface area contributed by atoms with Crippen LogP contribution >= 0.6 is 23.1 Å². The number of ether oxygens (including phenoxy) is 1. The topological polar surface area (TPSA) is 79.8 Å². The number of thiazole rings is 1. The Morgan fingerprint density at radius 3 is 2.85 bits per heavy atom. The van der Waals surface area contributed by atoms with Crippen LogP contribution in [0.25, 0.3) is 0 Å². The molecule has 0 fully saturated rings. The molecule has 1 aliphatic heterocycles. The molecule has 2 heterocycles. The van der Waals surface area contributed by atoms with E-state index in [0.29, 0.717) is 23.1 Å². The molecule has 1 aromatic heterocycles. The van der Waals surface area contributed by atoms with Gasteiger partial charge in [0.2, 0.25) is 11.8 Å². The number of fused-ring (bicyclic) bond motifs is 1. The van der Waals surface area contributed by atoms with Gasteiger partial charge in [-0.05, 0) is 19.1 Å². The second kappa shape index (κ2) is 8.53. The summed E-state index contributed by atoms with van der Waals surface area (Å²) in [5.41, 5.74) is 1.30. The predicted molar refractivity (Wildman–Crippen MR) is 105 cm³/mol. The summed E-state index contributed by atoms with van der Waals surface area (Å²) in [7, 11) is 0. The van der Waals surface area contributed by atoms with Crippen molar-refractivity contribution in [3.05, 3.63) is 35.3 Å². The van der Waals surface area contributed by atoms with Crippen molar-refractivity contribution < 1.29 is 19.1 Å². The van der Waals surface area contributed by atoms with E-state index in [9.17, 15) is 14.4 Å². The number of amides is 2. The number of anilines is 2.